The van der Waals surface area contributed by atoms with Crippen LogP contribution in [0.5, 0.6) is 0 Å². The first-order valence-corrected chi connectivity index (χ1v) is 5.45. The van der Waals surface area contributed by atoms with Crippen molar-refractivity contribution >= 4 is 0 Å². The predicted molar refractivity (Wildman–Crippen MR) is 60.4 cm³/mol. The number of aromatic amines is 2. The Morgan fingerprint density at radius 3 is 2.40 bits per heavy atom. The van der Waals surface area contributed by atoms with Crippen molar-refractivity contribution in [3.05, 3.63) is 32.1 Å². The van der Waals surface area contributed by atoms with E-state index in [1.807, 2.05) is 13.8 Å². The molecule has 2 N–H and O–H groups in total. The molecule has 1 atom stereocenters. The third-order valence-corrected chi connectivity index (χ3v) is 2.63. The van der Waals surface area contributed by atoms with Gasteiger partial charge in [0, 0.05) is 11.3 Å². The maximum Gasteiger partial charge on any atom is 0.325 e. The SMILES string of the molecule is CCCC(C)c1c(CC)[nH]c(=O)[nH]c1=O. The fraction of sp³-hybridized carbons (Fsp3) is 0.636. The molecule has 0 aliphatic carbocycles. The Kier molecular flexibility index (Phi) is 3.88. The lowest BCUT2D eigenvalue weighted by Crippen LogP contribution is -2.29. The van der Waals surface area contributed by atoms with E-state index in [1.54, 1.807) is 0 Å². The second-order valence-electron chi connectivity index (χ2n) is 3.84. The molecule has 0 bridgehead atoms. The number of aromatic nitrogens is 2. The van der Waals surface area contributed by atoms with Crippen molar-refractivity contribution in [1.29, 1.82) is 0 Å². The molecule has 1 rings (SSSR count). The van der Waals surface area contributed by atoms with Crippen LogP contribution in [0, 0.1) is 0 Å². The van der Waals surface area contributed by atoms with Gasteiger partial charge in [0.15, 0.2) is 0 Å². The molecular weight excluding hydrogens is 192 g/mol. The van der Waals surface area contributed by atoms with E-state index in [2.05, 4.69) is 16.9 Å². The van der Waals surface area contributed by atoms with Gasteiger partial charge >= 0.3 is 5.69 Å². The second-order valence-corrected chi connectivity index (χ2v) is 3.84. The molecule has 0 radical (unpaired) electrons. The molecule has 4 heteroatoms. The van der Waals surface area contributed by atoms with Crippen LogP contribution in [0.25, 0.3) is 0 Å². The van der Waals surface area contributed by atoms with E-state index in [4.69, 9.17) is 0 Å². The minimum Gasteiger partial charge on any atom is -0.311 e. The normalized spacial score (nSPS) is 12.7. The zero-order valence-electron chi connectivity index (χ0n) is 9.52. The van der Waals surface area contributed by atoms with Crippen LogP contribution in [0.2, 0.25) is 0 Å². The molecule has 0 saturated heterocycles. The molecule has 84 valence electrons. The van der Waals surface area contributed by atoms with Gasteiger partial charge in [0.2, 0.25) is 0 Å². The molecular formula is C11H18N2O2. The molecule has 1 heterocycles. The molecule has 0 aliphatic rings. The first-order chi connectivity index (χ1) is 7.10. The Bertz CT molecular complexity index is 431. The monoisotopic (exact) mass is 210 g/mol. The Hall–Kier alpha value is -1.32. The molecule has 1 aromatic heterocycles. The molecule has 0 aliphatic heterocycles. The van der Waals surface area contributed by atoms with Gasteiger partial charge in [0.1, 0.15) is 0 Å². The van der Waals surface area contributed by atoms with Gasteiger partial charge in [-0.1, -0.05) is 27.2 Å². The van der Waals surface area contributed by atoms with Crippen LogP contribution >= 0.6 is 0 Å². The van der Waals surface area contributed by atoms with Gasteiger partial charge in [-0.25, -0.2) is 4.79 Å². The lowest BCUT2D eigenvalue weighted by atomic mass is 9.95. The summed E-state index contributed by atoms with van der Waals surface area (Å²) < 4.78 is 0. The summed E-state index contributed by atoms with van der Waals surface area (Å²) in [6.45, 7) is 6.04. The summed E-state index contributed by atoms with van der Waals surface area (Å²) in [6, 6.07) is 0. The first kappa shape index (κ1) is 11.8. The fourth-order valence-corrected chi connectivity index (χ4v) is 1.92. The number of hydrogen-bond acceptors (Lipinski definition) is 2. The summed E-state index contributed by atoms with van der Waals surface area (Å²) in [6.07, 6.45) is 2.67. The van der Waals surface area contributed by atoms with Gasteiger partial charge in [-0.2, -0.15) is 0 Å². The minimum absolute atomic E-state index is 0.200. The number of rotatable bonds is 4. The van der Waals surface area contributed by atoms with Crippen molar-refractivity contribution in [2.45, 2.75) is 46.0 Å². The van der Waals surface area contributed by atoms with Crippen molar-refractivity contribution in [1.82, 2.24) is 9.97 Å². The molecule has 15 heavy (non-hydrogen) atoms. The zero-order valence-corrected chi connectivity index (χ0v) is 9.52. The molecule has 1 unspecified atom stereocenters. The van der Waals surface area contributed by atoms with E-state index in [0.717, 1.165) is 24.1 Å². The lowest BCUT2D eigenvalue weighted by molar-refractivity contribution is 0.641. The molecule has 0 saturated carbocycles. The highest BCUT2D eigenvalue weighted by molar-refractivity contribution is 5.20. The summed E-state index contributed by atoms with van der Waals surface area (Å²) in [4.78, 5) is 27.7. The number of aryl methyl sites for hydroxylation is 1. The fourth-order valence-electron chi connectivity index (χ4n) is 1.92. The van der Waals surface area contributed by atoms with Crippen LogP contribution in [0.3, 0.4) is 0 Å². The second kappa shape index (κ2) is 4.96. The summed E-state index contributed by atoms with van der Waals surface area (Å²) in [5.41, 5.74) is 0.851. The van der Waals surface area contributed by atoms with E-state index in [-0.39, 0.29) is 11.5 Å². The lowest BCUT2D eigenvalue weighted by Gasteiger charge is -2.12. The highest BCUT2D eigenvalue weighted by atomic mass is 16.2. The van der Waals surface area contributed by atoms with E-state index in [0.29, 0.717) is 6.42 Å². The van der Waals surface area contributed by atoms with Crippen molar-refractivity contribution in [2.24, 2.45) is 0 Å². The standard InChI is InChI=1S/C11H18N2O2/c1-4-6-7(3)9-8(5-2)12-11(15)13-10(9)14/h7H,4-6H2,1-3H3,(H2,12,13,14,15). The zero-order chi connectivity index (χ0) is 11.4. The Morgan fingerprint density at radius 2 is 1.87 bits per heavy atom. The van der Waals surface area contributed by atoms with Gasteiger partial charge in [-0.05, 0) is 18.8 Å². The number of H-pyrrole nitrogens is 2. The van der Waals surface area contributed by atoms with Crippen LogP contribution in [0.4, 0.5) is 0 Å². The van der Waals surface area contributed by atoms with Gasteiger partial charge in [-0.15, -0.1) is 0 Å². The van der Waals surface area contributed by atoms with Crippen LogP contribution in [0.1, 0.15) is 50.8 Å². The van der Waals surface area contributed by atoms with Gasteiger partial charge < -0.3 is 4.98 Å². The predicted octanol–water partition coefficient (Wildman–Crippen LogP) is 1.53. The van der Waals surface area contributed by atoms with E-state index in [1.165, 1.54) is 0 Å². The Balaban J connectivity index is 3.26. The average Bonchev–Trinajstić information content (AvgIpc) is 2.16. The summed E-state index contributed by atoms with van der Waals surface area (Å²) in [7, 11) is 0. The maximum absolute atomic E-state index is 11.7. The average molecular weight is 210 g/mol. The molecule has 1 aromatic rings. The number of hydrogen-bond donors (Lipinski definition) is 2. The topological polar surface area (TPSA) is 65.7 Å². The maximum atomic E-state index is 11.7. The van der Waals surface area contributed by atoms with Crippen LogP contribution in [0.15, 0.2) is 9.59 Å². The summed E-state index contributed by atoms with van der Waals surface area (Å²) in [5, 5.41) is 0. The van der Waals surface area contributed by atoms with E-state index in [9.17, 15) is 9.59 Å². The minimum atomic E-state index is -0.413. The van der Waals surface area contributed by atoms with Crippen LogP contribution < -0.4 is 11.2 Å². The Labute approximate surface area is 88.7 Å². The van der Waals surface area contributed by atoms with Crippen molar-refractivity contribution in [3.8, 4) is 0 Å². The third-order valence-electron chi connectivity index (χ3n) is 2.63. The van der Waals surface area contributed by atoms with Crippen LogP contribution in [-0.4, -0.2) is 9.97 Å². The summed E-state index contributed by atoms with van der Waals surface area (Å²) in [5.74, 6) is 0.200. The molecule has 0 fully saturated rings. The highest BCUT2D eigenvalue weighted by Crippen LogP contribution is 2.18. The van der Waals surface area contributed by atoms with E-state index >= 15 is 0 Å². The van der Waals surface area contributed by atoms with Gasteiger partial charge in [-0.3, -0.25) is 9.78 Å². The largest absolute Gasteiger partial charge is 0.325 e. The first-order valence-electron chi connectivity index (χ1n) is 5.45. The van der Waals surface area contributed by atoms with Crippen molar-refractivity contribution in [3.63, 3.8) is 0 Å². The van der Waals surface area contributed by atoms with Crippen molar-refractivity contribution < 1.29 is 0 Å². The molecule has 4 nitrogen and oxygen atoms in total. The van der Waals surface area contributed by atoms with Gasteiger partial charge in [0.25, 0.3) is 5.56 Å². The van der Waals surface area contributed by atoms with Crippen LogP contribution in [-0.2, 0) is 6.42 Å². The highest BCUT2D eigenvalue weighted by Gasteiger charge is 2.14. The molecule has 0 spiro atoms. The number of nitrogens with one attached hydrogen (secondary N) is 2. The molecule has 0 aromatic carbocycles. The quantitative estimate of drug-likeness (QED) is 0.791. The third kappa shape index (κ3) is 2.58. The van der Waals surface area contributed by atoms with E-state index < -0.39 is 5.69 Å². The smallest absolute Gasteiger partial charge is 0.311 e. The molecule has 0 amide bonds. The van der Waals surface area contributed by atoms with Crippen molar-refractivity contribution in [2.75, 3.05) is 0 Å². The van der Waals surface area contributed by atoms with Gasteiger partial charge in [0.05, 0.1) is 0 Å². The summed E-state index contributed by atoms with van der Waals surface area (Å²) >= 11 is 0. The Morgan fingerprint density at radius 1 is 1.20 bits per heavy atom.